The Kier molecular flexibility index (Phi) is 6.20. The molecule has 3 nitrogen and oxygen atoms in total. The van der Waals surface area contributed by atoms with E-state index in [9.17, 15) is 9.59 Å². The van der Waals surface area contributed by atoms with Crippen LogP contribution >= 0.6 is 0 Å². The lowest BCUT2D eigenvalue weighted by Crippen LogP contribution is -2.34. The maximum Gasteiger partial charge on any atom is 0.217 e. The zero-order valence-corrected chi connectivity index (χ0v) is 8.72. The van der Waals surface area contributed by atoms with Crippen LogP contribution in [0.1, 0.15) is 46.5 Å². The highest BCUT2D eigenvalue weighted by Gasteiger charge is 2.11. The van der Waals surface area contributed by atoms with Crippen molar-refractivity contribution in [3.05, 3.63) is 0 Å². The van der Waals surface area contributed by atoms with Gasteiger partial charge in [-0.05, 0) is 13.3 Å². The molecule has 0 heterocycles. The number of amides is 1. The molecule has 13 heavy (non-hydrogen) atoms. The topological polar surface area (TPSA) is 46.2 Å². The molecule has 0 spiro atoms. The molecule has 0 aromatic carbocycles. The molecule has 1 unspecified atom stereocenters. The number of unbranched alkanes of at least 4 members (excludes halogenated alkanes) is 1. The second kappa shape index (κ2) is 6.63. The summed E-state index contributed by atoms with van der Waals surface area (Å²) < 4.78 is 0. The van der Waals surface area contributed by atoms with Crippen LogP contribution in [0.2, 0.25) is 0 Å². The van der Waals surface area contributed by atoms with Gasteiger partial charge in [-0.1, -0.05) is 19.8 Å². The van der Waals surface area contributed by atoms with E-state index < -0.39 is 0 Å². The third-order valence-electron chi connectivity index (χ3n) is 1.85. The SMILES string of the molecule is CCCCC(CC(C)=O)NC(C)=O. The number of carbonyl (C=O) groups is 2. The average Bonchev–Trinajstić information content (AvgIpc) is 1.98. The average molecular weight is 185 g/mol. The Balaban J connectivity index is 3.87. The zero-order chi connectivity index (χ0) is 10.3. The van der Waals surface area contributed by atoms with Crippen LogP contribution in [0.15, 0.2) is 0 Å². The largest absolute Gasteiger partial charge is 0.353 e. The maximum absolute atomic E-state index is 10.8. The van der Waals surface area contributed by atoms with E-state index >= 15 is 0 Å². The molecule has 1 atom stereocenters. The van der Waals surface area contributed by atoms with E-state index in [2.05, 4.69) is 12.2 Å². The predicted molar refractivity (Wildman–Crippen MR) is 52.4 cm³/mol. The summed E-state index contributed by atoms with van der Waals surface area (Å²) in [5, 5.41) is 2.79. The Bertz CT molecular complexity index is 162. The van der Waals surface area contributed by atoms with Crippen LogP contribution in [0.5, 0.6) is 0 Å². The first-order valence-electron chi connectivity index (χ1n) is 4.82. The molecule has 0 aliphatic heterocycles. The van der Waals surface area contributed by atoms with E-state index in [1.54, 1.807) is 6.92 Å². The van der Waals surface area contributed by atoms with Gasteiger partial charge in [0.2, 0.25) is 5.91 Å². The minimum absolute atomic E-state index is 0.0370. The summed E-state index contributed by atoms with van der Waals surface area (Å²) in [5.41, 5.74) is 0. The predicted octanol–water partition coefficient (Wildman–Crippen LogP) is 1.66. The fourth-order valence-electron chi connectivity index (χ4n) is 1.31. The summed E-state index contributed by atoms with van der Waals surface area (Å²) in [6.45, 7) is 5.14. The first-order valence-corrected chi connectivity index (χ1v) is 4.82. The number of nitrogens with one attached hydrogen (secondary N) is 1. The van der Waals surface area contributed by atoms with Crippen molar-refractivity contribution >= 4 is 11.7 Å². The van der Waals surface area contributed by atoms with E-state index in [1.165, 1.54) is 6.92 Å². The number of carbonyl (C=O) groups excluding carboxylic acids is 2. The molecular weight excluding hydrogens is 166 g/mol. The van der Waals surface area contributed by atoms with E-state index in [-0.39, 0.29) is 17.7 Å². The first kappa shape index (κ1) is 12.1. The lowest BCUT2D eigenvalue weighted by Gasteiger charge is -2.15. The Labute approximate surface area is 79.9 Å². The van der Waals surface area contributed by atoms with Gasteiger partial charge in [0.1, 0.15) is 5.78 Å². The molecule has 0 aliphatic carbocycles. The van der Waals surface area contributed by atoms with Crippen molar-refractivity contribution in [2.45, 2.75) is 52.5 Å². The van der Waals surface area contributed by atoms with E-state index in [4.69, 9.17) is 0 Å². The molecule has 0 aromatic heterocycles. The third-order valence-corrected chi connectivity index (χ3v) is 1.85. The van der Waals surface area contributed by atoms with Gasteiger partial charge in [-0.3, -0.25) is 9.59 Å². The third kappa shape index (κ3) is 7.50. The van der Waals surface area contributed by atoms with Gasteiger partial charge >= 0.3 is 0 Å². The molecule has 0 saturated carbocycles. The van der Waals surface area contributed by atoms with Crippen LogP contribution < -0.4 is 5.32 Å². The van der Waals surface area contributed by atoms with Crippen molar-refractivity contribution in [1.82, 2.24) is 5.32 Å². The molecule has 76 valence electrons. The van der Waals surface area contributed by atoms with Crippen molar-refractivity contribution in [2.24, 2.45) is 0 Å². The zero-order valence-electron chi connectivity index (χ0n) is 8.72. The highest BCUT2D eigenvalue weighted by molar-refractivity contribution is 5.78. The molecule has 3 heteroatoms. The second-order valence-electron chi connectivity index (χ2n) is 3.45. The smallest absolute Gasteiger partial charge is 0.217 e. The van der Waals surface area contributed by atoms with Crippen LogP contribution in [0.25, 0.3) is 0 Å². The van der Waals surface area contributed by atoms with Gasteiger partial charge in [-0.25, -0.2) is 0 Å². The molecule has 0 bridgehead atoms. The van der Waals surface area contributed by atoms with Crippen molar-refractivity contribution < 1.29 is 9.59 Å². The van der Waals surface area contributed by atoms with Crippen LogP contribution in [-0.4, -0.2) is 17.7 Å². The quantitative estimate of drug-likeness (QED) is 0.684. The Morgan fingerprint density at radius 1 is 1.31 bits per heavy atom. The molecule has 0 radical (unpaired) electrons. The Morgan fingerprint density at radius 2 is 1.92 bits per heavy atom. The van der Waals surface area contributed by atoms with E-state index in [0.29, 0.717) is 6.42 Å². The standard InChI is InChI=1S/C10H19NO2/c1-4-5-6-10(7-8(2)12)11-9(3)13/h10H,4-7H2,1-3H3,(H,11,13). The van der Waals surface area contributed by atoms with Crippen molar-refractivity contribution in [3.8, 4) is 0 Å². The number of Topliss-reactive ketones (excluding diaryl/α,β-unsaturated/α-hetero) is 1. The van der Waals surface area contributed by atoms with E-state index in [0.717, 1.165) is 19.3 Å². The number of ketones is 1. The van der Waals surface area contributed by atoms with Gasteiger partial charge in [0.15, 0.2) is 0 Å². The van der Waals surface area contributed by atoms with Gasteiger partial charge in [-0.15, -0.1) is 0 Å². The summed E-state index contributed by atoms with van der Waals surface area (Å²) in [4.78, 5) is 21.6. The van der Waals surface area contributed by atoms with Gasteiger partial charge in [0.25, 0.3) is 0 Å². The van der Waals surface area contributed by atoms with Gasteiger partial charge in [-0.2, -0.15) is 0 Å². The molecule has 1 amide bonds. The molecular formula is C10H19NO2. The highest BCUT2D eigenvalue weighted by atomic mass is 16.1. The van der Waals surface area contributed by atoms with Crippen LogP contribution in [0.3, 0.4) is 0 Å². The molecule has 0 aliphatic rings. The lowest BCUT2D eigenvalue weighted by atomic mass is 10.0. The molecule has 1 N–H and O–H groups in total. The number of hydrogen-bond donors (Lipinski definition) is 1. The normalized spacial score (nSPS) is 12.2. The summed E-state index contributed by atoms with van der Waals surface area (Å²) in [5.74, 6) is 0.0807. The summed E-state index contributed by atoms with van der Waals surface area (Å²) in [7, 11) is 0. The monoisotopic (exact) mass is 185 g/mol. The fraction of sp³-hybridized carbons (Fsp3) is 0.800. The van der Waals surface area contributed by atoms with Gasteiger partial charge < -0.3 is 5.32 Å². The van der Waals surface area contributed by atoms with Crippen LogP contribution in [-0.2, 0) is 9.59 Å². The molecule has 0 saturated heterocycles. The number of rotatable bonds is 6. The van der Waals surface area contributed by atoms with Gasteiger partial charge in [0, 0.05) is 19.4 Å². The second-order valence-corrected chi connectivity index (χ2v) is 3.45. The van der Waals surface area contributed by atoms with Crippen LogP contribution in [0.4, 0.5) is 0 Å². The van der Waals surface area contributed by atoms with Crippen molar-refractivity contribution in [1.29, 1.82) is 0 Å². The fourth-order valence-corrected chi connectivity index (χ4v) is 1.31. The van der Waals surface area contributed by atoms with E-state index in [1.807, 2.05) is 0 Å². The number of hydrogen-bond acceptors (Lipinski definition) is 2. The molecule has 0 rings (SSSR count). The minimum atomic E-state index is -0.0534. The minimum Gasteiger partial charge on any atom is -0.353 e. The molecule has 0 fully saturated rings. The maximum atomic E-state index is 10.8. The Morgan fingerprint density at radius 3 is 2.31 bits per heavy atom. The lowest BCUT2D eigenvalue weighted by molar-refractivity contribution is -0.120. The summed E-state index contributed by atoms with van der Waals surface area (Å²) in [6.07, 6.45) is 3.50. The first-order chi connectivity index (χ1) is 6.06. The molecule has 0 aromatic rings. The van der Waals surface area contributed by atoms with Gasteiger partial charge in [0.05, 0.1) is 0 Å². The Hall–Kier alpha value is -0.860. The summed E-state index contributed by atoms with van der Waals surface area (Å²) in [6, 6.07) is 0.0370. The highest BCUT2D eigenvalue weighted by Crippen LogP contribution is 2.04. The summed E-state index contributed by atoms with van der Waals surface area (Å²) >= 11 is 0. The van der Waals surface area contributed by atoms with Crippen LogP contribution in [0, 0.1) is 0 Å². The van der Waals surface area contributed by atoms with Crippen molar-refractivity contribution in [2.75, 3.05) is 0 Å². The van der Waals surface area contributed by atoms with Crippen molar-refractivity contribution in [3.63, 3.8) is 0 Å².